The number of nitrogens with zero attached hydrogens (tertiary/aromatic N) is 2. The molecule has 0 fully saturated rings. The number of hydrogen-bond acceptors (Lipinski definition) is 4. The summed E-state index contributed by atoms with van der Waals surface area (Å²) in [5.41, 5.74) is 6.70. The van der Waals surface area contributed by atoms with E-state index in [4.69, 9.17) is 22.1 Å². The van der Waals surface area contributed by atoms with Gasteiger partial charge in [0.1, 0.15) is 11.6 Å². The molecule has 0 radical (unpaired) electrons. The molecule has 0 saturated heterocycles. The van der Waals surface area contributed by atoms with Gasteiger partial charge in [-0.2, -0.15) is 4.98 Å². The van der Waals surface area contributed by atoms with Gasteiger partial charge >= 0.3 is 0 Å². The molecular formula is C16H12ClN3O. The maximum atomic E-state index is 5.93. The Balaban J connectivity index is 1.95. The molecule has 2 aromatic carbocycles. The zero-order valence-electron chi connectivity index (χ0n) is 11.0. The number of benzene rings is 2. The summed E-state index contributed by atoms with van der Waals surface area (Å²) in [4.78, 5) is 8.60. The highest BCUT2D eigenvalue weighted by Gasteiger charge is 2.07. The van der Waals surface area contributed by atoms with Gasteiger partial charge in [-0.1, -0.05) is 48.0 Å². The van der Waals surface area contributed by atoms with Crippen molar-refractivity contribution in [1.29, 1.82) is 0 Å². The fourth-order valence-corrected chi connectivity index (χ4v) is 2.04. The molecular weight excluding hydrogens is 286 g/mol. The van der Waals surface area contributed by atoms with Crippen LogP contribution in [0.2, 0.25) is 5.02 Å². The lowest BCUT2D eigenvalue weighted by molar-refractivity contribution is 0.463. The lowest BCUT2D eigenvalue weighted by Gasteiger charge is -2.08. The highest BCUT2D eigenvalue weighted by atomic mass is 35.5. The fraction of sp³-hybridized carbons (Fsp3) is 0. The van der Waals surface area contributed by atoms with Crippen LogP contribution in [0.3, 0.4) is 0 Å². The number of nitrogens with two attached hydrogens (primary N) is 1. The number of anilines is 1. The first-order valence-electron chi connectivity index (χ1n) is 6.34. The van der Waals surface area contributed by atoms with Crippen LogP contribution in [0, 0.1) is 0 Å². The Hall–Kier alpha value is -2.59. The van der Waals surface area contributed by atoms with Crippen LogP contribution in [0.5, 0.6) is 11.6 Å². The zero-order valence-corrected chi connectivity index (χ0v) is 11.8. The van der Waals surface area contributed by atoms with Crippen molar-refractivity contribution in [2.75, 3.05) is 5.73 Å². The molecule has 1 aromatic heterocycles. The molecule has 3 rings (SSSR count). The maximum Gasteiger partial charge on any atom is 0.224 e. The van der Waals surface area contributed by atoms with Gasteiger partial charge in [0.2, 0.25) is 5.88 Å². The number of rotatable bonds is 3. The molecule has 104 valence electrons. The van der Waals surface area contributed by atoms with Gasteiger partial charge in [-0.25, -0.2) is 4.98 Å². The minimum absolute atomic E-state index is 0.348. The van der Waals surface area contributed by atoms with E-state index in [9.17, 15) is 0 Å². The average molecular weight is 298 g/mol. The van der Waals surface area contributed by atoms with Crippen LogP contribution >= 0.6 is 11.6 Å². The van der Waals surface area contributed by atoms with Gasteiger partial charge in [0.05, 0.1) is 0 Å². The predicted octanol–water partition coefficient (Wildman–Crippen LogP) is 4.17. The summed E-state index contributed by atoms with van der Waals surface area (Å²) in [6, 6.07) is 18.3. The second kappa shape index (κ2) is 5.81. The first kappa shape index (κ1) is 13.4. The smallest absolute Gasteiger partial charge is 0.224 e. The summed E-state index contributed by atoms with van der Waals surface area (Å²) in [6.45, 7) is 0. The number of ether oxygens (including phenoxy) is 1. The molecule has 0 unspecified atom stereocenters. The minimum atomic E-state index is 0.348. The molecule has 0 saturated carbocycles. The Kier molecular flexibility index (Phi) is 3.71. The molecule has 0 aliphatic rings. The van der Waals surface area contributed by atoms with Crippen molar-refractivity contribution < 1.29 is 4.74 Å². The van der Waals surface area contributed by atoms with Crippen molar-refractivity contribution in [3.8, 4) is 23.0 Å². The largest absolute Gasteiger partial charge is 0.439 e. The molecule has 2 N–H and O–H groups in total. The summed E-state index contributed by atoms with van der Waals surface area (Å²) in [5.74, 6) is 1.84. The third kappa shape index (κ3) is 3.30. The van der Waals surface area contributed by atoms with E-state index in [1.807, 2.05) is 30.3 Å². The van der Waals surface area contributed by atoms with E-state index in [-0.39, 0.29) is 0 Å². The molecule has 0 spiro atoms. The molecule has 1 heterocycles. The normalized spacial score (nSPS) is 10.3. The third-order valence-corrected chi connectivity index (χ3v) is 3.01. The molecule has 0 bridgehead atoms. The summed E-state index contributed by atoms with van der Waals surface area (Å²) in [7, 11) is 0. The van der Waals surface area contributed by atoms with Crippen LogP contribution in [0.1, 0.15) is 0 Å². The number of halogens is 1. The summed E-state index contributed by atoms with van der Waals surface area (Å²) >= 11 is 5.93. The molecule has 21 heavy (non-hydrogen) atoms. The number of aromatic nitrogens is 2. The predicted molar refractivity (Wildman–Crippen MR) is 83.4 cm³/mol. The van der Waals surface area contributed by atoms with Crippen LogP contribution in [0.25, 0.3) is 11.4 Å². The van der Waals surface area contributed by atoms with E-state index in [1.165, 1.54) is 0 Å². The van der Waals surface area contributed by atoms with Gasteiger partial charge in [-0.15, -0.1) is 0 Å². The molecule has 4 nitrogen and oxygen atoms in total. The second-order valence-electron chi connectivity index (χ2n) is 4.38. The van der Waals surface area contributed by atoms with Gasteiger partial charge in [-0.3, -0.25) is 0 Å². The fourth-order valence-electron chi connectivity index (χ4n) is 1.86. The summed E-state index contributed by atoms with van der Waals surface area (Å²) < 4.78 is 5.69. The van der Waals surface area contributed by atoms with E-state index in [1.54, 1.807) is 30.3 Å². The van der Waals surface area contributed by atoms with Crippen molar-refractivity contribution in [2.45, 2.75) is 0 Å². The van der Waals surface area contributed by atoms with Gasteiger partial charge in [0.25, 0.3) is 0 Å². The van der Waals surface area contributed by atoms with Crippen molar-refractivity contribution in [3.05, 3.63) is 65.7 Å². The minimum Gasteiger partial charge on any atom is -0.439 e. The highest BCUT2D eigenvalue weighted by molar-refractivity contribution is 6.30. The molecule has 3 aromatic rings. The van der Waals surface area contributed by atoms with Crippen LogP contribution in [-0.4, -0.2) is 9.97 Å². The Bertz CT molecular complexity index is 762. The molecule has 0 amide bonds. The van der Waals surface area contributed by atoms with E-state index in [0.717, 1.165) is 5.56 Å². The highest BCUT2D eigenvalue weighted by Crippen LogP contribution is 2.25. The monoisotopic (exact) mass is 297 g/mol. The van der Waals surface area contributed by atoms with Crippen molar-refractivity contribution in [3.63, 3.8) is 0 Å². The van der Waals surface area contributed by atoms with E-state index in [2.05, 4.69) is 9.97 Å². The topological polar surface area (TPSA) is 61.0 Å². The quantitative estimate of drug-likeness (QED) is 0.788. The van der Waals surface area contributed by atoms with Gasteiger partial charge in [0, 0.05) is 16.7 Å². The van der Waals surface area contributed by atoms with Crippen LogP contribution in [0.4, 0.5) is 5.82 Å². The standard InChI is InChI=1S/C16H12ClN3O/c17-12-7-4-8-13(9-12)21-15-10-14(18)19-16(20-15)11-5-2-1-3-6-11/h1-10H,(H2,18,19,20). The van der Waals surface area contributed by atoms with Crippen LogP contribution in [-0.2, 0) is 0 Å². The Morgan fingerprint density at radius 1 is 0.905 bits per heavy atom. The van der Waals surface area contributed by atoms with Crippen molar-refractivity contribution in [2.24, 2.45) is 0 Å². The average Bonchev–Trinajstić information content (AvgIpc) is 2.47. The SMILES string of the molecule is Nc1cc(Oc2cccc(Cl)c2)nc(-c2ccccc2)n1. The molecule has 5 heteroatoms. The summed E-state index contributed by atoms with van der Waals surface area (Å²) in [6.07, 6.45) is 0. The van der Waals surface area contributed by atoms with Crippen molar-refractivity contribution >= 4 is 17.4 Å². The van der Waals surface area contributed by atoms with E-state index in [0.29, 0.717) is 28.3 Å². The van der Waals surface area contributed by atoms with Crippen molar-refractivity contribution in [1.82, 2.24) is 9.97 Å². The molecule has 0 aliphatic heterocycles. The molecule has 0 aliphatic carbocycles. The van der Waals surface area contributed by atoms with Gasteiger partial charge in [-0.05, 0) is 18.2 Å². The number of nitrogen functional groups attached to an aromatic ring is 1. The van der Waals surface area contributed by atoms with E-state index < -0.39 is 0 Å². The lowest BCUT2D eigenvalue weighted by atomic mass is 10.2. The van der Waals surface area contributed by atoms with Gasteiger partial charge < -0.3 is 10.5 Å². The zero-order chi connectivity index (χ0) is 14.7. The number of hydrogen-bond donors (Lipinski definition) is 1. The van der Waals surface area contributed by atoms with Crippen LogP contribution < -0.4 is 10.5 Å². The first-order chi connectivity index (χ1) is 10.2. The molecule has 0 atom stereocenters. The Morgan fingerprint density at radius 2 is 1.71 bits per heavy atom. The summed E-state index contributed by atoms with van der Waals surface area (Å²) in [5, 5.41) is 0.595. The van der Waals surface area contributed by atoms with Gasteiger partial charge in [0.15, 0.2) is 5.82 Å². The third-order valence-electron chi connectivity index (χ3n) is 2.77. The second-order valence-corrected chi connectivity index (χ2v) is 4.82. The Labute approximate surface area is 127 Å². The van der Waals surface area contributed by atoms with E-state index >= 15 is 0 Å². The van der Waals surface area contributed by atoms with Crippen LogP contribution in [0.15, 0.2) is 60.7 Å². The first-order valence-corrected chi connectivity index (χ1v) is 6.72. The Morgan fingerprint density at radius 3 is 2.48 bits per heavy atom. The lowest BCUT2D eigenvalue weighted by Crippen LogP contribution is -1.98. The maximum absolute atomic E-state index is 5.93.